The molecule has 0 unspecified atom stereocenters. The average Bonchev–Trinajstić information content (AvgIpc) is 3.01. The SMILES string of the molecule is COCCN1C(=O)c2c(O)c(=O)ccn2N(C2c3ccccc3CCc3ccccc32)C12CNC2. The van der Waals surface area contributed by atoms with E-state index < -0.39 is 16.8 Å². The number of aromatic nitrogens is 1. The number of benzene rings is 2. The number of hydrogen-bond donors (Lipinski definition) is 2. The van der Waals surface area contributed by atoms with E-state index in [9.17, 15) is 14.7 Å². The van der Waals surface area contributed by atoms with Crippen LogP contribution in [0, 0.1) is 0 Å². The number of aromatic hydroxyl groups is 1. The summed E-state index contributed by atoms with van der Waals surface area (Å²) in [4.78, 5) is 28.0. The van der Waals surface area contributed by atoms with Crippen molar-refractivity contribution in [2.24, 2.45) is 0 Å². The van der Waals surface area contributed by atoms with Crippen LogP contribution in [0.15, 0.2) is 65.6 Å². The minimum absolute atomic E-state index is 0.00895. The van der Waals surface area contributed by atoms with Crippen molar-refractivity contribution in [3.63, 3.8) is 0 Å². The van der Waals surface area contributed by atoms with E-state index >= 15 is 0 Å². The maximum atomic E-state index is 13.8. The maximum absolute atomic E-state index is 13.8. The van der Waals surface area contributed by atoms with Crippen molar-refractivity contribution in [1.29, 1.82) is 0 Å². The van der Waals surface area contributed by atoms with Crippen LogP contribution >= 0.6 is 0 Å². The van der Waals surface area contributed by atoms with E-state index in [1.807, 2.05) is 12.1 Å². The highest BCUT2D eigenvalue weighted by Gasteiger charge is 2.57. The molecule has 8 heteroatoms. The minimum Gasteiger partial charge on any atom is -0.502 e. The van der Waals surface area contributed by atoms with E-state index in [1.165, 1.54) is 17.2 Å². The van der Waals surface area contributed by atoms with Gasteiger partial charge in [0, 0.05) is 39.0 Å². The molecule has 1 aromatic heterocycles. The monoisotopic (exact) mass is 472 g/mol. The molecule has 1 fully saturated rings. The van der Waals surface area contributed by atoms with E-state index in [-0.39, 0.29) is 17.6 Å². The molecule has 8 nitrogen and oxygen atoms in total. The number of nitrogens with zero attached hydrogens (tertiary/aromatic N) is 3. The zero-order valence-electron chi connectivity index (χ0n) is 19.6. The predicted molar refractivity (Wildman–Crippen MR) is 131 cm³/mol. The number of ether oxygens (including phenoxy) is 1. The second kappa shape index (κ2) is 8.25. The van der Waals surface area contributed by atoms with Gasteiger partial charge in [-0.15, -0.1) is 0 Å². The topological polar surface area (TPSA) is 87.0 Å². The van der Waals surface area contributed by atoms with Gasteiger partial charge in [0.05, 0.1) is 12.6 Å². The van der Waals surface area contributed by atoms with Crippen LogP contribution in [0.1, 0.15) is 38.8 Å². The van der Waals surface area contributed by atoms with E-state index in [1.54, 1.807) is 22.9 Å². The first-order valence-electron chi connectivity index (χ1n) is 12.0. The van der Waals surface area contributed by atoms with Gasteiger partial charge in [-0.05, 0) is 35.1 Å². The number of rotatable bonds is 4. The Bertz CT molecular complexity index is 1320. The normalized spacial score (nSPS) is 18.5. The molecule has 3 aliphatic rings. The molecule has 0 bridgehead atoms. The predicted octanol–water partition coefficient (Wildman–Crippen LogP) is 1.78. The van der Waals surface area contributed by atoms with Gasteiger partial charge in [0.25, 0.3) is 5.91 Å². The Kier molecular flexibility index (Phi) is 5.16. The molecule has 1 aliphatic carbocycles. The molecule has 6 rings (SSSR count). The second-order valence-corrected chi connectivity index (χ2v) is 9.40. The van der Waals surface area contributed by atoms with Crippen molar-refractivity contribution in [3.8, 4) is 5.75 Å². The Morgan fingerprint density at radius 2 is 1.63 bits per heavy atom. The third-order valence-corrected chi connectivity index (χ3v) is 7.61. The number of methoxy groups -OCH3 is 1. The molecule has 0 atom stereocenters. The highest BCUT2D eigenvalue weighted by Crippen LogP contribution is 2.44. The van der Waals surface area contributed by atoms with E-state index in [0.29, 0.717) is 26.2 Å². The van der Waals surface area contributed by atoms with E-state index in [0.717, 1.165) is 24.0 Å². The lowest BCUT2D eigenvalue weighted by atomic mass is 9.88. The summed E-state index contributed by atoms with van der Waals surface area (Å²) in [5.74, 6) is -0.896. The van der Waals surface area contributed by atoms with E-state index in [4.69, 9.17) is 4.74 Å². The summed E-state index contributed by atoms with van der Waals surface area (Å²) in [6, 6.07) is 18.0. The third-order valence-electron chi connectivity index (χ3n) is 7.61. The summed E-state index contributed by atoms with van der Waals surface area (Å²) in [6.07, 6.45) is 3.45. The summed E-state index contributed by atoms with van der Waals surface area (Å²) in [7, 11) is 1.60. The maximum Gasteiger partial charge on any atom is 0.278 e. The van der Waals surface area contributed by atoms with Gasteiger partial charge in [-0.25, -0.2) is 0 Å². The number of amides is 1. The molecule has 3 aromatic rings. The lowest BCUT2D eigenvalue weighted by Crippen LogP contribution is -2.83. The first-order chi connectivity index (χ1) is 17.1. The lowest BCUT2D eigenvalue weighted by molar-refractivity contribution is -0.0122. The van der Waals surface area contributed by atoms with Crippen LogP contribution in [0.3, 0.4) is 0 Å². The van der Waals surface area contributed by atoms with Crippen molar-refractivity contribution >= 4 is 5.91 Å². The van der Waals surface area contributed by atoms with Gasteiger partial charge in [-0.1, -0.05) is 48.5 Å². The highest BCUT2D eigenvalue weighted by atomic mass is 16.5. The Labute approximate surface area is 203 Å². The fraction of sp³-hybridized carbons (Fsp3) is 0.333. The quantitative estimate of drug-likeness (QED) is 0.602. The third kappa shape index (κ3) is 3.13. The van der Waals surface area contributed by atoms with Crippen LogP contribution in [0.2, 0.25) is 0 Å². The number of hydrogen-bond acceptors (Lipinski definition) is 6. The van der Waals surface area contributed by atoms with Gasteiger partial charge in [0.2, 0.25) is 5.43 Å². The zero-order valence-corrected chi connectivity index (χ0v) is 19.6. The van der Waals surface area contributed by atoms with Crippen molar-refractivity contribution in [2.45, 2.75) is 24.5 Å². The van der Waals surface area contributed by atoms with Crippen LogP contribution in [0.4, 0.5) is 0 Å². The minimum atomic E-state index is -0.695. The number of nitrogens with one attached hydrogen (secondary N) is 1. The molecule has 2 aliphatic heterocycles. The second-order valence-electron chi connectivity index (χ2n) is 9.40. The highest BCUT2D eigenvalue weighted by molar-refractivity contribution is 5.97. The molecule has 35 heavy (non-hydrogen) atoms. The lowest BCUT2D eigenvalue weighted by Gasteiger charge is -2.62. The van der Waals surface area contributed by atoms with Gasteiger partial charge < -0.3 is 20.1 Å². The first-order valence-corrected chi connectivity index (χ1v) is 12.0. The van der Waals surface area contributed by atoms with Crippen molar-refractivity contribution in [1.82, 2.24) is 14.9 Å². The zero-order chi connectivity index (χ0) is 24.2. The Morgan fingerprint density at radius 3 is 2.20 bits per heavy atom. The van der Waals surface area contributed by atoms with Crippen LogP contribution in [-0.4, -0.2) is 59.6 Å². The molecular weight excluding hydrogens is 444 g/mol. The Balaban J connectivity index is 1.66. The summed E-state index contributed by atoms with van der Waals surface area (Å²) in [6.45, 7) is 1.79. The van der Waals surface area contributed by atoms with Crippen molar-refractivity contribution < 1.29 is 14.6 Å². The molecule has 1 spiro atoms. The van der Waals surface area contributed by atoms with Gasteiger partial charge in [-0.3, -0.25) is 19.3 Å². The van der Waals surface area contributed by atoms with Gasteiger partial charge in [-0.2, -0.15) is 0 Å². The number of fused-ring (bicyclic) bond motifs is 3. The summed E-state index contributed by atoms with van der Waals surface area (Å²) in [5, 5.41) is 16.4. The Morgan fingerprint density at radius 1 is 1.00 bits per heavy atom. The van der Waals surface area contributed by atoms with Gasteiger partial charge >= 0.3 is 0 Å². The fourth-order valence-corrected chi connectivity index (χ4v) is 5.85. The van der Waals surface area contributed by atoms with Crippen molar-refractivity contribution in [2.75, 3.05) is 38.4 Å². The molecule has 1 amide bonds. The van der Waals surface area contributed by atoms with E-state index in [2.05, 4.69) is 46.7 Å². The molecule has 2 aromatic carbocycles. The van der Waals surface area contributed by atoms with Crippen LogP contribution in [0.5, 0.6) is 5.75 Å². The Hall–Kier alpha value is -3.62. The van der Waals surface area contributed by atoms with Gasteiger partial charge in [0.15, 0.2) is 17.1 Å². The summed E-state index contributed by atoms with van der Waals surface area (Å²) >= 11 is 0. The number of carbonyl (C=O) groups is 1. The van der Waals surface area contributed by atoms with Crippen LogP contribution in [-0.2, 0) is 17.6 Å². The molecule has 180 valence electrons. The molecule has 0 saturated carbocycles. The summed E-state index contributed by atoms with van der Waals surface area (Å²) in [5.41, 5.74) is 3.56. The molecule has 2 N–H and O–H groups in total. The number of aryl methyl sites for hydroxylation is 2. The summed E-state index contributed by atoms with van der Waals surface area (Å²) < 4.78 is 7.06. The van der Waals surface area contributed by atoms with Crippen molar-refractivity contribution in [3.05, 3.63) is 99.0 Å². The molecule has 0 radical (unpaired) electrons. The number of carbonyl (C=O) groups excluding carboxylic acids is 1. The largest absolute Gasteiger partial charge is 0.502 e. The van der Waals surface area contributed by atoms with Crippen LogP contribution in [0.25, 0.3) is 0 Å². The fourth-order valence-electron chi connectivity index (χ4n) is 5.85. The van der Waals surface area contributed by atoms with Crippen LogP contribution < -0.4 is 15.8 Å². The smallest absolute Gasteiger partial charge is 0.278 e. The number of pyridine rings is 1. The molecule has 1 saturated heterocycles. The first kappa shape index (κ1) is 21.9. The average molecular weight is 473 g/mol. The van der Waals surface area contributed by atoms with Gasteiger partial charge in [0.1, 0.15) is 0 Å². The standard InChI is InChI=1S/C27H28N4O4/c1-35-15-14-29-26(34)24-25(33)22(32)12-13-30(24)31(27(29)16-28-17-27)23-20-8-4-2-6-18(20)10-11-19-7-3-5-9-21(19)23/h2-9,12-13,23,28,33H,10-11,14-17H2,1H3. The molecular formula is C27H28N4O4. The molecule has 3 heterocycles.